The molecule has 0 aliphatic rings. The number of carbonyl (C=O) groups is 1. The third-order valence-corrected chi connectivity index (χ3v) is 3.67. The second-order valence-electron chi connectivity index (χ2n) is 3.47. The third-order valence-electron chi connectivity index (χ3n) is 2.19. The van der Waals surface area contributed by atoms with Crippen molar-refractivity contribution in [3.8, 4) is 5.75 Å². The van der Waals surface area contributed by atoms with Crippen molar-refractivity contribution in [3.63, 3.8) is 0 Å². The van der Waals surface area contributed by atoms with Crippen LogP contribution in [-0.2, 0) is 6.42 Å². The maximum absolute atomic E-state index is 11.9. The molecule has 0 atom stereocenters. The summed E-state index contributed by atoms with van der Waals surface area (Å²) in [4.78, 5) is 11.9. The fraction of sp³-hybridized carbons (Fsp3) is 0.182. The van der Waals surface area contributed by atoms with Crippen LogP contribution in [0.1, 0.15) is 22.3 Å². The summed E-state index contributed by atoms with van der Waals surface area (Å²) in [5, 5.41) is 21.3. The summed E-state index contributed by atoms with van der Waals surface area (Å²) >= 11 is 4.57. The highest BCUT2D eigenvalue weighted by molar-refractivity contribution is 9.10. The number of carbonyl (C=O) groups excluding carboxylic acids is 1. The van der Waals surface area contributed by atoms with Crippen molar-refractivity contribution in [2.24, 2.45) is 0 Å². The summed E-state index contributed by atoms with van der Waals surface area (Å²) < 4.78 is 0.719. The van der Waals surface area contributed by atoms with Crippen LogP contribution in [0.3, 0.4) is 0 Å². The van der Waals surface area contributed by atoms with Gasteiger partial charge >= 0.3 is 0 Å². The normalized spacial score (nSPS) is 10.3. The number of halogens is 1. The number of aromatic nitrogens is 2. The first-order chi connectivity index (χ1) is 8.60. The van der Waals surface area contributed by atoms with Crippen molar-refractivity contribution >= 4 is 38.3 Å². The zero-order valence-corrected chi connectivity index (χ0v) is 11.9. The standard InChI is InChI=1S/C11H10BrN3O2S/c1-2-9-14-15-11(18-9)13-10(17)7-5-6(12)3-4-8(7)16/h3-5,16H,2H2,1H3,(H,13,15,17). The lowest BCUT2D eigenvalue weighted by Gasteiger charge is -2.04. The van der Waals surface area contributed by atoms with E-state index in [0.717, 1.165) is 15.9 Å². The van der Waals surface area contributed by atoms with Crippen LogP contribution in [-0.4, -0.2) is 21.2 Å². The van der Waals surface area contributed by atoms with Gasteiger partial charge in [0.2, 0.25) is 5.13 Å². The first kappa shape index (κ1) is 13.0. The summed E-state index contributed by atoms with van der Waals surface area (Å²) in [6.07, 6.45) is 0.773. The van der Waals surface area contributed by atoms with Gasteiger partial charge in [-0.3, -0.25) is 10.1 Å². The van der Waals surface area contributed by atoms with E-state index in [1.807, 2.05) is 6.92 Å². The topological polar surface area (TPSA) is 75.1 Å². The monoisotopic (exact) mass is 327 g/mol. The van der Waals surface area contributed by atoms with Crippen molar-refractivity contribution in [1.29, 1.82) is 0 Å². The van der Waals surface area contributed by atoms with Crippen LogP contribution in [0.2, 0.25) is 0 Å². The Morgan fingerprint density at radius 3 is 2.94 bits per heavy atom. The van der Waals surface area contributed by atoms with Gasteiger partial charge in [0.25, 0.3) is 5.91 Å². The van der Waals surface area contributed by atoms with Crippen LogP contribution < -0.4 is 5.32 Å². The Kier molecular flexibility index (Phi) is 3.93. The van der Waals surface area contributed by atoms with Crippen molar-refractivity contribution < 1.29 is 9.90 Å². The molecule has 0 radical (unpaired) electrons. The molecule has 1 aromatic carbocycles. The van der Waals surface area contributed by atoms with E-state index in [2.05, 4.69) is 31.4 Å². The zero-order chi connectivity index (χ0) is 13.1. The average Bonchev–Trinajstić information content (AvgIpc) is 2.80. The maximum atomic E-state index is 11.9. The van der Waals surface area contributed by atoms with E-state index >= 15 is 0 Å². The molecule has 5 nitrogen and oxygen atoms in total. The summed E-state index contributed by atoms with van der Waals surface area (Å²) in [6.45, 7) is 1.96. The minimum atomic E-state index is -0.410. The number of benzene rings is 1. The van der Waals surface area contributed by atoms with Crippen molar-refractivity contribution in [3.05, 3.63) is 33.2 Å². The fourth-order valence-electron chi connectivity index (χ4n) is 1.30. The minimum absolute atomic E-state index is 0.0732. The van der Waals surface area contributed by atoms with E-state index in [1.165, 1.54) is 17.4 Å². The summed E-state index contributed by atoms with van der Waals surface area (Å²) in [5.41, 5.74) is 0.192. The number of anilines is 1. The third kappa shape index (κ3) is 2.85. The summed E-state index contributed by atoms with van der Waals surface area (Å²) in [5.74, 6) is -0.483. The van der Waals surface area contributed by atoms with Gasteiger partial charge in [0.15, 0.2) is 0 Å². The second-order valence-corrected chi connectivity index (χ2v) is 5.45. The Hall–Kier alpha value is -1.47. The summed E-state index contributed by atoms with van der Waals surface area (Å²) in [7, 11) is 0. The van der Waals surface area contributed by atoms with Crippen LogP contribution in [0.4, 0.5) is 5.13 Å². The molecule has 2 aromatic rings. The van der Waals surface area contributed by atoms with E-state index in [-0.39, 0.29) is 11.3 Å². The molecule has 0 spiro atoms. The zero-order valence-electron chi connectivity index (χ0n) is 9.48. The molecule has 2 rings (SSSR count). The number of hydrogen-bond donors (Lipinski definition) is 2. The van der Waals surface area contributed by atoms with Gasteiger partial charge in [-0.2, -0.15) is 0 Å². The maximum Gasteiger partial charge on any atom is 0.261 e. The van der Waals surface area contributed by atoms with Crippen LogP contribution in [0.5, 0.6) is 5.75 Å². The van der Waals surface area contributed by atoms with Gasteiger partial charge in [0.1, 0.15) is 10.8 Å². The lowest BCUT2D eigenvalue weighted by molar-refractivity contribution is 0.102. The molecule has 0 saturated heterocycles. The average molecular weight is 328 g/mol. The van der Waals surface area contributed by atoms with Crippen LogP contribution in [0.15, 0.2) is 22.7 Å². The Morgan fingerprint density at radius 2 is 2.28 bits per heavy atom. The van der Waals surface area contributed by atoms with Gasteiger partial charge in [0, 0.05) is 4.47 Å². The van der Waals surface area contributed by atoms with E-state index < -0.39 is 5.91 Å². The smallest absolute Gasteiger partial charge is 0.261 e. The second kappa shape index (κ2) is 5.45. The van der Waals surface area contributed by atoms with Gasteiger partial charge in [-0.05, 0) is 24.6 Å². The molecule has 0 bridgehead atoms. The van der Waals surface area contributed by atoms with E-state index in [9.17, 15) is 9.90 Å². The van der Waals surface area contributed by atoms with Gasteiger partial charge < -0.3 is 5.11 Å². The largest absolute Gasteiger partial charge is 0.507 e. The molecule has 0 fully saturated rings. The lowest BCUT2D eigenvalue weighted by Crippen LogP contribution is -2.11. The number of nitrogens with one attached hydrogen (secondary N) is 1. The number of aryl methyl sites for hydroxylation is 1. The van der Waals surface area contributed by atoms with Crippen LogP contribution >= 0.6 is 27.3 Å². The number of hydrogen-bond acceptors (Lipinski definition) is 5. The predicted molar refractivity (Wildman–Crippen MR) is 73.0 cm³/mol. The molecule has 18 heavy (non-hydrogen) atoms. The minimum Gasteiger partial charge on any atom is -0.507 e. The van der Waals surface area contributed by atoms with E-state index in [0.29, 0.717) is 5.13 Å². The number of nitrogens with zero attached hydrogens (tertiary/aromatic N) is 2. The number of aromatic hydroxyl groups is 1. The van der Waals surface area contributed by atoms with Gasteiger partial charge in [-0.1, -0.05) is 34.2 Å². The molecule has 1 heterocycles. The molecule has 94 valence electrons. The van der Waals surface area contributed by atoms with Crippen molar-refractivity contribution in [2.45, 2.75) is 13.3 Å². The first-order valence-electron chi connectivity index (χ1n) is 5.22. The Bertz CT molecular complexity index is 585. The van der Waals surface area contributed by atoms with Crippen LogP contribution in [0.25, 0.3) is 0 Å². The SMILES string of the molecule is CCc1nnc(NC(=O)c2cc(Br)ccc2O)s1. The molecule has 0 unspecified atom stereocenters. The van der Waals surface area contributed by atoms with Crippen molar-refractivity contribution in [1.82, 2.24) is 10.2 Å². The Morgan fingerprint density at radius 1 is 1.50 bits per heavy atom. The molecule has 0 aliphatic carbocycles. The molecule has 7 heteroatoms. The highest BCUT2D eigenvalue weighted by Crippen LogP contribution is 2.23. The quantitative estimate of drug-likeness (QED) is 0.908. The van der Waals surface area contributed by atoms with Gasteiger partial charge in [0.05, 0.1) is 5.56 Å². The van der Waals surface area contributed by atoms with Gasteiger partial charge in [-0.15, -0.1) is 10.2 Å². The molecule has 1 amide bonds. The highest BCUT2D eigenvalue weighted by atomic mass is 79.9. The van der Waals surface area contributed by atoms with E-state index in [4.69, 9.17) is 0 Å². The van der Waals surface area contributed by atoms with E-state index in [1.54, 1.807) is 12.1 Å². The number of phenolic OH excluding ortho intramolecular Hbond substituents is 1. The van der Waals surface area contributed by atoms with Gasteiger partial charge in [-0.25, -0.2) is 0 Å². The molecular formula is C11H10BrN3O2S. The first-order valence-corrected chi connectivity index (χ1v) is 6.83. The van der Waals surface area contributed by atoms with Crippen LogP contribution in [0, 0.1) is 0 Å². The Labute approximate surface area is 116 Å². The highest BCUT2D eigenvalue weighted by Gasteiger charge is 2.13. The Balaban J connectivity index is 2.19. The number of amides is 1. The van der Waals surface area contributed by atoms with Crippen molar-refractivity contribution in [2.75, 3.05) is 5.32 Å². The predicted octanol–water partition coefficient (Wildman–Crippen LogP) is 2.82. The molecule has 0 aliphatic heterocycles. The molecule has 0 saturated carbocycles. The molecule has 2 N–H and O–H groups in total. The number of phenols is 1. The molecule has 1 aromatic heterocycles. The number of rotatable bonds is 3. The fourth-order valence-corrected chi connectivity index (χ4v) is 2.34. The lowest BCUT2D eigenvalue weighted by atomic mass is 10.2. The summed E-state index contributed by atoms with van der Waals surface area (Å²) in [6, 6.07) is 4.66. The molecular weight excluding hydrogens is 318 g/mol.